The van der Waals surface area contributed by atoms with E-state index in [9.17, 15) is 14.9 Å². The fourth-order valence-corrected chi connectivity index (χ4v) is 3.02. The summed E-state index contributed by atoms with van der Waals surface area (Å²) in [7, 11) is 0. The molecule has 136 valence electrons. The summed E-state index contributed by atoms with van der Waals surface area (Å²) in [5, 5.41) is 22.3. The van der Waals surface area contributed by atoms with Crippen molar-refractivity contribution in [1.82, 2.24) is 20.6 Å². The first-order valence-electron chi connectivity index (χ1n) is 7.43. The Morgan fingerprint density at radius 1 is 1.33 bits per heavy atom. The van der Waals surface area contributed by atoms with Crippen molar-refractivity contribution in [2.75, 3.05) is 0 Å². The van der Waals surface area contributed by atoms with E-state index in [2.05, 4.69) is 25.7 Å². The third-order valence-electron chi connectivity index (χ3n) is 3.25. The number of halogens is 1. The molecule has 2 aromatic carbocycles. The fraction of sp³-hybridized carbons (Fsp3) is 0. The number of amides is 1. The van der Waals surface area contributed by atoms with Gasteiger partial charge in [0, 0.05) is 22.2 Å². The predicted molar refractivity (Wildman–Crippen MR) is 100 cm³/mol. The van der Waals surface area contributed by atoms with E-state index in [1.807, 2.05) is 0 Å². The van der Waals surface area contributed by atoms with Crippen molar-refractivity contribution >= 4 is 41.2 Å². The molecule has 0 aliphatic carbocycles. The molecule has 9 nitrogen and oxygen atoms in total. The Kier molecular flexibility index (Phi) is 5.79. The molecule has 0 atom stereocenters. The number of benzene rings is 2. The van der Waals surface area contributed by atoms with Crippen LogP contribution in [0.4, 0.5) is 5.69 Å². The van der Waals surface area contributed by atoms with E-state index in [1.165, 1.54) is 24.7 Å². The van der Waals surface area contributed by atoms with Crippen molar-refractivity contribution in [2.24, 2.45) is 5.10 Å². The van der Waals surface area contributed by atoms with Crippen molar-refractivity contribution in [3.05, 3.63) is 75.1 Å². The minimum Gasteiger partial charge on any atom is -0.267 e. The summed E-state index contributed by atoms with van der Waals surface area (Å²) in [5.41, 5.74) is 3.04. The number of nitrogens with zero attached hydrogens (tertiary/aromatic N) is 4. The molecule has 0 aliphatic rings. The van der Waals surface area contributed by atoms with Gasteiger partial charge in [-0.25, -0.2) is 10.4 Å². The maximum Gasteiger partial charge on any atom is 0.283 e. The first-order valence-corrected chi connectivity index (χ1v) is 8.63. The Morgan fingerprint density at radius 3 is 2.89 bits per heavy atom. The van der Waals surface area contributed by atoms with Crippen LogP contribution >= 0.6 is 23.4 Å². The molecule has 3 rings (SSSR count). The highest BCUT2D eigenvalue weighted by atomic mass is 35.5. The standard InChI is InChI=1S/C16H11ClN6O3S/c17-12-3-1-2-11(7-12)15(24)21-19-8-10-4-5-14(13(6-10)23(25)26)27-16-18-9-20-22-16/h1-9H,(H,21,24)(H,18,20,22)/b19-8+. The van der Waals surface area contributed by atoms with E-state index in [0.717, 1.165) is 11.8 Å². The number of hydrazone groups is 1. The molecule has 0 saturated heterocycles. The SMILES string of the molecule is O=C(N/N=C/c1ccc(Sc2ncn[nH]2)c([N+](=O)[O-])c1)c1cccc(Cl)c1. The summed E-state index contributed by atoms with van der Waals surface area (Å²) in [4.78, 5) is 27.1. The lowest BCUT2D eigenvalue weighted by molar-refractivity contribution is -0.387. The Morgan fingerprint density at radius 2 is 2.19 bits per heavy atom. The Labute approximate surface area is 162 Å². The van der Waals surface area contributed by atoms with Crippen LogP contribution in [0.25, 0.3) is 0 Å². The van der Waals surface area contributed by atoms with E-state index in [1.54, 1.807) is 30.3 Å². The average molecular weight is 403 g/mol. The molecule has 0 fully saturated rings. The van der Waals surface area contributed by atoms with Crippen LogP contribution in [0.3, 0.4) is 0 Å². The minimum atomic E-state index is -0.499. The summed E-state index contributed by atoms with van der Waals surface area (Å²) < 4.78 is 0. The van der Waals surface area contributed by atoms with Gasteiger partial charge in [0.25, 0.3) is 11.6 Å². The maximum atomic E-state index is 12.0. The molecule has 0 unspecified atom stereocenters. The van der Waals surface area contributed by atoms with E-state index < -0.39 is 10.8 Å². The van der Waals surface area contributed by atoms with Crippen molar-refractivity contribution in [2.45, 2.75) is 10.1 Å². The van der Waals surface area contributed by atoms with E-state index >= 15 is 0 Å². The van der Waals surface area contributed by atoms with Gasteiger partial charge in [-0.1, -0.05) is 23.7 Å². The second kappa shape index (κ2) is 8.43. The van der Waals surface area contributed by atoms with Crippen LogP contribution < -0.4 is 5.43 Å². The van der Waals surface area contributed by atoms with Gasteiger partial charge in [-0.15, -0.1) is 0 Å². The fourth-order valence-electron chi connectivity index (χ4n) is 2.05. The van der Waals surface area contributed by atoms with Gasteiger partial charge in [-0.3, -0.25) is 20.0 Å². The summed E-state index contributed by atoms with van der Waals surface area (Å²) in [6.07, 6.45) is 2.64. The summed E-state index contributed by atoms with van der Waals surface area (Å²) in [6.45, 7) is 0. The van der Waals surface area contributed by atoms with Crippen LogP contribution in [0.2, 0.25) is 5.02 Å². The van der Waals surface area contributed by atoms with Crippen molar-refractivity contribution < 1.29 is 9.72 Å². The number of nitro groups is 1. The summed E-state index contributed by atoms with van der Waals surface area (Å²) in [6, 6.07) is 11.0. The molecule has 1 aromatic heterocycles. The smallest absolute Gasteiger partial charge is 0.267 e. The molecule has 0 spiro atoms. The first-order chi connectivity index (χ1) is 13.0. The number of carbonyl (C=O) groups excluding carboxylic acids is 1. The molecule has 1 amide bonds. The molecule has 27 heavy (non-hydrogen) atoms. The zero-order chi connectivity index (χ0) is 19.2. The number of carbonyl (C=O) groups is 1. The number of nitro benzene ring substituents is 1. The topological polar surface area (TPSA) is 126 Å². The highest BCUT2D eigenvalue weighted by Crippen LogP contribution is 2.33. The monoisotopic (exact) mass is 402 g/mol. The van der Waals surface area contributed by atoms with Gasteiger partial charge >= 0.3 is 0 Å². The zero-order valence-electron chi connectivity index (χ0n) is 13.5. The maximum absolute atomic E-state index is 12.0. The Bertz CT molecular complexity index is 1010. The molecule has 3 aromatic rings. The van der Waals surface area contributed by atoms with Crippen molar-refractivity contribution in [3.63, 3.8) is 0 Å². The van der Waals surface area contributed by atoms with Gasteiger partial charge in [0.15, 0.2) is 5.16 Å². The van der Waals surface area contributed by atoms with Gasteiger partial charge in [-0.2, -0.15) is 10.2 Å². The van der Waals surface area contributed by atoms with Crippen LogP contribution in [0, 0.1) is 10.1 Å². The van der Waals surface area contributed by atoms with E-state index in [4.69, 9.17) is 11.6 Å². The highest BCUT2D eigenvalue weighted by Gasteiger charge is 2.16. The molecular formula is C16H11ClN6O3S. The third kappa shape index (κ3) is 4.90. The van der Waals surface area contributed by atoms with Crippen LogP contribution in [0.5, 0.6) is 0 Å². The average Bonchev–Trinajstić information content (AvgIpc) is 3.15. The molecule has 11 heteroatoms. The predicted octanol–water partition coefficient (Wildman–Crippen LogP) is 3.28. The van der Waals surface area contributed by atoms with Gasteiger partial charge in [0.1, 0.15) is 6.33 Å². The number of hydrogen-bond donors (Lipinski definition) is 2. The molecule has 2 N–H and O–H groups in total. The van der Waals surface area contributed by atoms with Crippen LogP contribution in [0.15, 0.2) is 63.9 Å². The number of rotatable bonds is 6. The van der Waals surface area contributed by atoms with Gasteiger partial charge < -0.3 is 0 Å². The number of aromatic amines is 1. The van der Waals surface area contributed by atoms with Crippen LogP contribution in [-0.2, 0) is 0 Å². The van der Waals surface area contributed by atoms with Crippen LogP contribution in [-0.4, -0.2) is 32.2 Å². The number of H-pyrrole nitrogens is 1. The number of hydrogen-bond acceptors (Lipinski definition) is 7. The Balaban J connectivity index is 1.73. The number of aromatic nitrogens is 3. The largest absolute Gasteiger partial charge is 0.283 e. The zero-order valence-corrected chi connectivity index (χ0v) is 15.1. The van der Waals surface area contributed by atoms with Crippen molar-refractivity contribution in [3.8, 4) is 0 Å². The second-order valence-corrected chi connectivity index (χ2v) is 6.55. The highest BCUT2D eigenvalue weighted by molar-refractivity contribution is 7.99. The van der Waals surface area contributed by atoms with E-state index in [0.29, 0.717) is 26.2 Å². The second-order valence-electron chi connectivity index (χ2n) is 5.09. The lowest BCUT2D eigenvalue weighted by Gasteiger charge is -2.02. The molecule has 0 radical (unpaired) electrons. The molecule has 0 bridgehead atoms. The first kappa shape index (κ1) is 18.5. The quantitative estimate of drug-likeness (QED) is 0.370. The number of nitrogens with one attached hydrogen (secondary N) is 2. The lowest BCUT2D eigenvalue weighted by atomic mass is 10.2. The normalized spacial score (nSPS) is 10.9. The van der Waals surface area contributed by atoms with Crippen LogP contribution in [0.1, 0.15) is 15.9 Å². The van der Waals surface area contributed by atoms with E-state index in [-0.39, 0.29) is 5.69 Å². The van der Waals surface area contributed by atoms with Crippen molar-refractivity contribution in [1.29, 1.82) is 0 Å². The Hall–Kier alpha value is -3.24. The summed E-state index contributed by atoms with van der Waals surface area (Å²) in [5.74, 6) is -0.444. The minimum absolute atomic E-state index is 0.110. The third-order valence-corrected chi connectivity index (χ3v) is 4.44. The molecule has 0 aliphatic heterocycles. The molecular weight excluding hydrogens is 392 g/mol. The molecule has 0 saturated carbocycles. The van der Waals surface area contributed by atoms with Gasteiger partial charge in [0.05, 0.1) is 16.0 Å². The van der Waals surface area contributed by atoms with Gasteiger partial charge in [0.2, 0.25) is 0 Å². The lowest BCUT2D eigenvalue weighted by Crippen LogP contribution is -2.17. The summed E-state index contributed by atoms with van der Waals surface area (Å²) >= 11 is 6.92. The molecule has 1 heterocycles. The van der Waals surface area contributed by atoms with Gasteiger partial charge in [-0.05, 0) is 36.0 Å².